The lowest BCUT2D eigenvalue weighted by Gasteiger charge is -2.14. The van der Waals surface area contributed by atoms with Crippen LogP contribution in [0.2, 0.25) is 0 Å². The lowest BCUT2D eigenvalue weighted by Crippen LogP contribution is -2.37. The van der Waals surface area contributed by atoms with Crippen molar-refractivity contribution in [3.05, 3.63) is 12.2 Å². The summed E-state index contributed by atoms with van der Waals surface area (Å²) < 4.78 is 0. The van der Waals surface area contributed by atoms with Crippen LogP contribution in [-0.2, 0) is 14.4 Å². The van der Waals surface area contributed by atoms with Gasteiger partial charge in [-0.15, -0.1) is 0 Å². The highest BCUT2D eigenvalue weighted by Crippen LogP contribution is 2.52. The third-order valence-corrected chi connectivity index (χ3v) is 3.86. The van der Waals surface area contributed by atoms with Crippen LogP contribution in [0.15, 0.2) is 12.2 Å². The number of carbonyl (C=O) groups is 3. The number of likely N-dealkylation sites (tertiary alicyclic amines) is 1. The van der Waals surface area contributed by atoms with Crippen LogP contribution in [-0.4, -0.2) is 34.3 Å². The number of rotatable bonds is 2. The third kappa shape index (κ3) is 1.03. The smallest absolute Gasteiger partial charge is 0.323 e. The van der Waals surface area contributed by atoms with Gasteiger partial charge >= 0.3 is 5.97 Å². The maximum atomic E-state index is 11.9. The molecule has 2 bridgehead atoms. The summed E-state index contributed by atoms with van der Waals surface area (Å²) in [4.78, 5) is 35.4. The van der Waals surface area contributed by atoms with Gasteiger partial charge in [0.25, 0.3) is 0 Å². The number of carboxylic acids is 1. The predicted molar refractivity (Wildman–Crippen MR) is 52.1 cm³/mol. The molecule has 16 heavy (non-hydrogen) atoms. The molecule has 0 aromatic rings. The minimum absolute atomic E-state index is 0.144. The second-order valence-electron chi connectivity index (χ2n) is 4.66. The number of hydrogen-bond acceptors (Lipinski definition) is 3. The van der Waals surface area contributed by atoms with Crippen LogP contribution < -0.4 is 0 Å². The third-order valence-electron chi connectivity index (χ3n) is 3.86. The highest BCUT2D eigenvalue weighted by Gasteiger charge is 2.59. The lowest BCUT2D eigenvalue weighted by atomic mass is 9.85. The van der Waals surface area contributed by atoms with Gasteiger partial charge in [0, 0.05) is 0 Å². The van der Waals surface area contributed by atoms with Gasteiger partial charge in [0.05, 0.1) is 11.8 Å². The summed E-state index contributed by atoms with van der Waals surface area (Å²) in [5, 5.41) is 8.66. The highest BCUT2D eigenvalue weighted by molar-refractivity contribution is 6.08. The first-order valence-electron chi connectivity index (χ1n) is 5.35. The molecule has 2 amide bonds. The standard InChI is InChI=1S/C11H11NO4/c13-7(14)4-12-10(15)8-5-1-2-6(3-5)9(8)11(12)16/h1-2,5-6,8-9H,3-4H2,(H,13,14)/t5?,6?,8-,9+. The number of amides is 2. The summed E-state index contributed by atoms with van der Waals surface area (Å²) in [5.41, 5.74) is 0. The van der Waals surface area contributed by atoms with E-state index >= 15 is 0 Å². The van der Waals surface area contributed by atoms with E-state index in [2.05, 4.69) is 0 Å². The van der Waals surface area contributed by atoms with Gasteiger partial charge in [-0.25, -0.2) is 0 Å². The van der Waals surface area contributed by atoms with Crippen molar-refractivity contribution in [1.82, 2.24) is 4.90 Å². The van der Waals surface area contributed by atoms with Crippen LogP contribution in [0.3, 0.4) is 0 Å². The molecule has 0 aromatic heterocycles. The van der Waals surface area contributed by atoms with Crippen LogP contribution in [0.4, 0.5) is 0 Å². The maximum Gasteiger partial charge on any atom is 0.323 e. The van der Waals surface area contributed by atoms with Gasteiger partial charge in [-0.3, -0.25) is 19.3 Å². The zero-order chi connectivity index (χ0) is 11.4. The van der Waals surface area contributed by atoms with Gasteiger partial charge < -0.3 is 5.11 Å². The Hall–Kier alpha value is -1.65. The Morgan fingerprint density at radius 2 is 1.75 bits per heavy atom. The molecule has 1 heterocycles. The average molecular weight is 221 g/mol. The lowest BCUT2D eigenvalue weighted by molar-refractivity contribution is -0.149. The summed E-state index contributed by atoms with van der Waals surface area (Å²) in [6.45, 7) is -0.496. The van der Waals surface area contributed by atoms with Crippen molar-refractivity contribution < 1.29 is 19.5 Å². The van der Waals surface area contributed by atoms with Crippen molar-refractivity contribution in [2.75, 3.05) is 6.54 Å². The molecule has 5 nitrogen and oxygen atoms in total. The first kappa shape index (κ1) is 9.57. The van der Waals surface area contributed by atoms with Crippen LogP contribution in [0.1, 0.15) is 6.42 Å². The summed E-state index contributed by atoms with van der Waals surface area (Å²) >= 11 is 0. The molecule has 2 fully saturated rings. The number of carboxylic acid groups (broad SMARTS) is 1. The summed E-state index contributed by atoms with van der Waals surface area (Å²) in [6, 6.07) is 0. The quantitative estimate of drug-likeness (QED) is 0.521. The Morgan fingerprint density at radius 1 is 1.25 bits per heavy atom. The largest absolute Gasteiger partial charge is 0.480 e. The fraction of sp³-hybridized carbons (Fsp3) is 0.545. The summed E-state index contributed by atoms with van der Waals surface area (Å²) in [5.74, 6) is -2.02. The van der Waals surface area contributed by atoms with Gasteiger partial charge in [-0.2, -0.15) is 0 Å². The monoisotopic (exact) mass is 221 g/mol. The highest BCUT2D eigenvalue weighted by atomic mass is 16.4. The molecule has 4 atom stereocenters. The van der Waals surface area contributed by atoms with E-state index < -0.39 is 12.5 Å². The molecular formula is C11H11NO4. The van der Waals surface area contributed by atoms with Gasteiger partial charge in [0.1, 0.15) is 6.54 Å². The van der Waals surface area contributed by atoms with E-state index in [1.165, 1.54) is 0 Å². The average Bonchev–Trinajstić information content (AvgIpc) is 2.87. The number of fused-ring (bicyclic) bond motifs is 5. The fourth-order valence-corrected chi connectivity index (χ4v) is 3.26. The minimum Gasteiger partial charge on any atom is -0.480 e. The number of allylic oxidation sites excluding steroid dienone is 2. The fourth-order valence-electron chi connectivity index (χ4n) is 3.26. The van der Waals surface area contributed by atoms with Gasteiger partial charge in [0.2, 0.25) is 11.8 Å². The van der Waals surface area contributed by atoms with E-state index in [1.807, 2.05) is 12.2 Å². The molecule has 0 aromatic carbocycles. The van der Waals surface area contributed by atoms with Gasteiger partial charge in [-0.05, 0) is 18.3 Å². The Kier molecular flexibility index (Phi) is 1.75. The molecule has 5 heteroatoms. The molecule has 0 radical (unpaired) electrons. The Bertz CT molecular complexity index is 398. The van der Waals surface area contributed by atoms with Crippen molar-refractivity contribution in [3.63, 3.8) is 0 Å². The van der Waals surface area contributed by atoms with E-state index in [0.717, 1.165) is 11.3 Å². The Labute approximate surface area is 91.7 Å². The molecule has 84 valence electrons. The van der Waals surface area contributed by atoms with Crippen molar-refractivity contribution in [2.45, 2.75) is 6.42 Å². The second-order valence-corrected chi connectivity index (χ2v) is 4.66. The predicted octanol–water partition coefficient (Wildman–Crippen LogP) is -0.122. The summed E-state index contributed by atoms with van der Waals surface area (Å²) in [7, 11) is 0. The molecular weight excluding hydrogens is 210 g/mol. The maximum absolute atomic E-state index is 11.9. The molecule has 1 aliphatic heterocycles. The first-order valence-corrected chi connectivity index (χ1v) is 5.35. The van der Waals surface area contributed by atoms with Crippen LogP contribution in [0.25, 0.3) is 0 Å². The molecule has 3 aliphatic rings. The molecule has 2 aliphatic carbocycles. The van der Waals surface area contributed by atoms with Gasteiger partial charge in [-0.1, -0.05) is 12.2 Å². The molecule has 0 spiro atoms. The zero-order valence-corrected chi connectivity index (χ0v) is 8.50. The number of aliphatic carboxylic acids is 1. The van der Waals surface area contributed by atoms with Crippen molar-refractivity contribution in [1.29, 1.82) is 0 Å². The van der Waals surface area contributed by atoms with Crippen LogP contribution >= 0.6 is 0 Å². The second kappa shape index (κ2) is 2.93. The normalized spacial score (nSPS) is 39.6. The van der Waals surface area contributed by atoms with E-state index in [1.54, 1.807) is 0 Å². The van der Waals surface area contributed by atoms with Crippen molar-refractivity contribution in [2.24, 2.45) is 23.7 Å². The molecule has 3 rings (SSSR count). The summed E-state index contributed by atoms with van der Waals surface area (Å²) in [6.07, 6.45) is 4.84. The molecule has 1 saturated heterocycles. The topological polar surface area (TPSA) is 74.7 Å². The van der Waals surface area contributed by atoms with Crippen LogP contribution in [0.5, 0.6) is 0 Å². The van der Waals surface area contributed by atoms with E-state index in [9.17, 15) is 14.4 Å². The molecule has 1 saturated carbocycles. The Balaban J connectivity index is 1.91. The van der Waals surface area contributed by atoms with Crippen LogP contribution in [0, 0.1) is 23.7 Å². The number of carbonyl (C=O) groups excluding carboxylic acids is 2. The van der Waals surface area contributed by atoms with E-state index in [-0.39, 0.29) is 35.5 Å². The number of nitrogens with zero attached hydrogens (tertiary/aromatic N) is 1. The Morgan fingerprint density at radius 3 is 2.19 bits per heavy atom. The number of imide groups is 1. The van der Waals surface area contributed by atoms with E-state index in [0.29, 0.717) is 0 Å². The zero-order valence-electron chi connectivity index (χ0n) is 8.50. The van der Waals surface area contributed by atoms with Gasteiger partial charge in [0.15, 0.2) is 0 Å². The van der Waals surface area contributed by atoms with Crippen molar-refractivity contribution in [3.8, 4) is 0 Å². The SMILES string of the molecule is O=C(O)CN1C(=O)[C@@H]2C3C=CC(C3)[C@@H]2C1=O. The number of hydrogen-bond donors (Lipinski definition) is 1. The first-order chi connectivity index (χ1) is 7.59. The van der Waals surface area contributed by atoms with Crippen molar-refractivity contribution >= 4 is 17.8 Å². The molecule has 2 unspecified atom stereocenters. The molecule has 1 N–H and O–H groups in total. The van der Waals surface area contributed by atoms with E-state index in [4.69, 9.17) is 5.11 Å². The minimum atomic E-state index is -1.14.